The van der Waals surface area contributed by atoms with E-state index in [1.54, 1.807) is 35.4 Å². The van der Waals surface area contributed by atoms with Gasteiger partial charge in [-0.25, -0.2) is 0 Å². The zero-order valence-corrected chi connectivity index (χ0v) is 19.2. The fourth-order valence-electron chi connectivity index (χ4n) is 4.52. The Kier molecular flexibility index (Phi) is 6.55. The van der Waals surface area contributed by atoms with E-state index in [2.05, 4.69) is 0 Å². The molecule has 0 bridgehead atoms. The molecule has 1 aromatic carbocycles. The second kappa shape index (κ2) is 9.27. The van der Waals surface area contributed by atoms with Crippen molar-refractivity contribution in [3.63, 3.8) is 0 Å². The first-order valence-corrected chi connectivity index (χ1v) is 11.4. The number of Topliss-reactive ketones (excluding diaryl/α,β-unsaturated/α-hetero) is 1. The average Bonchev–Trinajstić information content (AvgIpc) is 3.61. The van der Waals surface area contributed by atoms with Crippen LogP contribution < -0.4 is 0 Å². The van der Waals surface area contributed by atoms with E-state index < -0.39 is 30.1 Å². The third kappa shape index (κ3) is 5.03. The number of ketones is 1. The largest absolute Gasteiger partial charge is 0.457 e. The summed E-state index contributed by atoms with van der Waals surface area (Å²) in [6.45, 7) is 3.94. The van der Waals surface area contributed by atoms with Gasteiger partial charge in [0.1, 0.15) is 0 Å². The van der Waals surface area contributed by atoms with Crippen LogP contribution in [0.15, 0.2) is 30.3 Å². The normalized spacial score (nSPS) is 17.0. The van der Waals surface area contributed by atoms with Crippen molar-refractivity contribution in [1.29, 1.82) is 0 Å². The molecule has 2 aliphatic rings. The Hall–Kier alpha value is -3.10. The molecule has 1 aromatic heterocycles. The fraction of sp³-hybridized carbons (Fsp3) is 0.480. The molecule has 0 spiro atoms. The van der Waals surface area contributed by atoms with Gasteiger partial charge in [-0.15, -0.1) is 0 Å². The number of halogens is 3. The van der Waals surface area contributed by atoms with Gasteiger partial charge in [-0.2, -0.15) is 13.2 Å². The van der Waals surface area contributed by atoms with E-state index >= 15 is 0 Å². The molecule has 0 unspecified atom stereocenters. The minimum atomic E-state index is -4.47. The van der Waals surface area contributed by atoms with Crippen molar-refractivity contribution in [2.45, 2.75) is 45.7 Å². The summed E-state index contributed by atoms with van der Waals surface area (Å²) in [4.78, 5) is 39.2. The van der Waals surface area contributed by atoms with Crippen molar-refractivity contribution in [2.24, 2.45) is 11.8 Å². The van der Waals surface area contributed by atoms with Crippen molar-refractivity contribution in [3.8, 4) is 5.69 Å². The molecule has 0 radical (unpaired) electrons. The van der Waals surface area contributed by atoms with Crippen molar-refractivity contribution >= 4 is 17.7 Å². The summed E-state index contributed by atoms with van der Waals surface area (Å²) in [6.07, 6.45) is -1.57. The first kappa shape index (κ1) is 24.0. The SMILES string of the molecule is Cc1cc(C(=O)COC(=O)C2CCN(C(=O)C3CC3)CC2)c(C)n1-c1cccc(C(F)(F)F)c1. The summed E-state index contributed by atoms with van der Waals surface area (Å²) in [5.41, 5.74) is 0.897. The van der Waals surface area contributed by atoms with Gasteiger partial charge in [0.25, 0.3) is 0 Å². The maximum Gasteiger partial charge on any atom is 0.416 e. The molecule has 0 atom stereocenters. The van der Waals surface area contributed by atoms with E-state index in [0.717, 1.165) is 25.0 Å². The molecule has 6 nitrogen and oxygen atoms in total. The highest BCUT2D eigenvalue weighted by Crippen LogP contribution is 2.33. The summed E-state index contributed by atoms with van der Waals surface area (Å²) < 4.78 is 46.2. The number of piperidine rings is 1. The number of benzene rings is 1. The minimum absolute atomic E-state index is 0.149. The van der Waals surface area contributed by atoms with Crippen LogP contribution in [0.25, 0.3) is 5.69 Å². The number of alkyl halides is 3. The fourth-order valence-corrected chi connectivity index (χ4v) is 4.52. The number of esters is 1. The number of likely N-dealkylation sites (tertiary alicyclic amines) is 1. The zero-order chi connectivity index (χ0) is 24.6. The molecule has 1 saturated heterocycles. The summed E-state index contributed by atoms with van der Waals surface area (Å²) in [7, 11) is 0. The van der Waals surface area contributed by atoms with Crippen LogP contribution in [0.4, 0.5) is 13.2 Å². The summed E-state index contributed by atoms with van der Waals surface area (Å²) in [5, 5.41) is 0. The van der Waals surface area contributed by atoms with Crippen LogP contribution in [-0.4, -0.2) is 46.8 Å². The van der Waals surface area contributed by atoms with E-state index in [0.29, 0.717) is 48.6 Å². The summed E-state index contributed by atoms with van der Waals surface area (Å²) in [5.74, 6) is -0.914. The van der Waals surface area contributed by atoms with E-state index in [1.807, 2.05) is 0 Å². The number of carbonyl (C=O) groups excluding carboxylic acids is 3. The minimum Gasteiger partial charge on any atom is -0.457 e. The van der Waals surface area contributed by atoms with Gasteiger partial charge in [-0.05, 0) is 63.8 Å². The van der Waals surface area contributed by atoms with Gasteiger partial charge in [-0.3, -0.25) is 14.4 Å². The topological polar surface area (TPSA) is 68.6 Å². The zero-order valence-electron chi connectivity index (χ0n) is 19.2. The number of rotatable bonds is 6. The third-order valence-electron chi connectivity index (χ3n) is 6.58. The van der Waals surface area contributed by atoms with Crippen LogP contribution >= 0.6 is 0 Å². The van der Waals surface area contributed by atoms with Gasteiger partial charge in [-0.1, -0.05) is 6.07 Å². The Morgan fingerprint density at radius 1 is 1.00 bits per heavy atom. The Morgan fingerprint density at radius 3 is 2.29 bits per heavy atom. The number of nitrogens with zero attached hydrogens (tertiary/aromatic N) is 2. The first-order chi connectivity index (χ1) is 16.1. The Balaban J connectivity index is 1.38. The molecule has 4 rings (SSSR count). The quantitative estimate of drug-likeness (QED) is 0.455. The molecule has 2 aromatic rings. The second-order valence-electron chi connectivity index (χ2n) is 9.07. The van der Waals surface area contributed by atoms with Crippen molar-refractivity contribution in [1.82, 2.24) is 9.47 Å². The average molecular weight is 476 g/mol. The van der Waals surface area contributed by atoms with Crippen LogP contribution in [-0.2, 0) is 20.5 Å². The number of aromatic nitrogens is 1. The molecule has 182 valence electrons. The van der Waals surface area contributed by atoms with E-state index in [-0.39, 0.29) is 17.7 Å². The molecule has 1 aliphatic heterocycles. The lowest BCUT2D eigenvalue weighted by Gasteiger charge is -2.31. The highest BCUT2D eigenvalue weighted by atomic mass is 19.4. The highest BCUT2D eigenvalue weighted by molar-refractivity contribution is 5.99. The van der Waals surface area contributed by atoms with Gasteiger partial charge in [0.15, 0.2) is 6.61 Å². The van der Waals surface area contributed by atoms with Crippen LogP contribution in [0, 0.1) is 25.7 Å². The summed E-state index contributed by atoms with van der Waals surface area (Å²) in [6, 6.07) is 6.49. The van der Waals surface area contributed by atoms with Gasteiger partial charge in [0.05, 0.1) is 11.5 Å². The number of carbonyl (C=O) groups is 3. The van der Waals surface area contributed by atoms with E-state index in [9.17, 15) is 27.6 Å². The number of ether oxygens (including phenoxy) is 1. The van der Waals surface area contributed by atoms with Crippen LogP contribution in [0.5, 0.6) is 0 Å². The highest BCUT2D eigenvalue weighted by Gasteiger charge is 2.36. The molecule has 2 fully saturated rings. The molecule has 9 heteroatoms. The van der Waals surface area contributed by atoms with Gasteiger partial charge >= 0.3 is 12.1 Å². The summed E-state index contributed by atoms with van der Waals surface area (Å²) >= 11 is 0. The lowest BCUT2D eigenvalue weighted by atomic mass is 9.96. The van der Waals surface area contributed by atoms with Crippen molar-refractivity contribution in [3.05, 3.63) is 52.8 Å². The molecular weight excluding hydrogens is 449 g/mol. The smallest absolute Gasteiger partial charge is 0.416 e. The molecule has 1 saturated carbocycles. The number of hydrogen-bond donors (Lipinski definition) is 0. The lowest BCUT2D eigenvalue weighted by molar-refractivity contribution is -0.150. The molecule has 0 N–H and O–H groups in total. The second-order valence-corrected chi connectivity index (χ2v) is 9.07. The third-order valence-corrected chi connectivity index (χ3v) is 6.58. The maximum absolute atomic E-state index is 13.1. The number of hydrogen-bond acceptors (Lipinski definition) is 4. The number of aryl methyl sites for hydroxylation is 1. The van der Waals surface area contributed by atoms with Crippen molar-refractivity contribution < 1.29 is 32.3 Å². The molecule has 1 amide bonds. The Bertz CT molecular complexity index is 1110. The van der Waals surface area contributed by atoms with E-state index in [1.165, 1.54) is 6.07 Å². The molecule has 34 heavy (non-hydrogen) atoms. The molecular formula is C25H27F3N2O4. The predicted molar refractivity (Wildman–Crippen MR) is 118 cm³/mol. The first-order valence-electron chi connectivity index (χ1n) is 11.4. The Labute approximate surface area is 195 Å². The number of amides is 1. The van der Waals surface area contributed by atoms with Crippen LogP contribution in [0.1, 0.15) is 53.0 Å². The Morgan fingerprint density at radius 2 is 1.68 bits per heavy atom. The monoisotopic (exact) mass is 476 g/mol. The molecule has 1 aliphatic carbocycles. The molecule has 2 heterocycles. The maximum atomic E-state index is 13.1. The lowest BCUT2D eigenvalue weighted by Crippen LogP contribution is -2.41. The van der Waals surface area contributed by atoms with Gasteiger partial charge in [0.2, 0.25) is 11.7 Å². The van der Waals surface area contributed by atoms with E-state index in [4.69, 9.17) is 4.74 Å². The predicted octanol–water partition coefficient (Wildman–Crippen LogP) is 4.49. The van der Waals surface area contributed by atoms with Gasteiger partial charge in [0, 0.05) is 41.6 Å². The standard InChI is InChI=1S/C25H27F3N2O4/c1-15-12-21(16(2)30(15)20-5-3-4-19(13-20)25(26,27)28)22(31)14-34-24(33)18-8-10-29(11-9-18)23(32)17-6-7-17/h3-5,12-13,17-18H,6-11,14H2,1-2H3. The van der Waals surface area contributed by atoms with Crippen LogP contribution in [0.3, 0.4) is 0 Å². The van der Waals surface area contributed by atoms with Crippen molar-refractivity contribution in [2.75, 3.05) is 19.7 Å². The van der Waals surface area contributed by atoms with Gasteiger partial charge < -0.3 is 14.2 Å². The van der Waals surface area contributed by atoms with Crippen LogP contribution in [0.2, 0.25) is 0 Å².